The zero-order valence-corrected chi connectivity index (χ0v) is 13.5. The minimum absolute atomic E-state index is 0.573. The van der Waals surface area contributed by atoms with Crippen LogP contribution in [0.2, 0.25) is 0 Å². The second-order valence-electron chi connectivity index (χ2n) is 6.16. The molecule has 2 rings (SSSR count). The monoisotopic (exact) mass is 278 g/mol. The lowest BCUT2D eigenvalue weighted by Gasteiger charge is -2.33. The molecule has 1 N–H and O–H groups in total. The molecule has 0 radical (unpaired) electrons. The van der Waals surface area contributed by atoms with Crippen LogP contribution in [0.1, 0.15) is 44.4 Å². The fourth-order valence-electron chi connectivity index (χ4n) is 3.16. The van der Waals surface area contributed by atoms with Crippen molar-refractivity contribution in [3.8, 4) is 11.5 Å². The SMILES string of the molecule is CCOc1cc2c(cc1OC)CC[NH+](C)[C@@H]2CC(C)C. The molecule has 1 aromatic carbocycles. The number of hydrogen-bond acceptors (Lipinski definition) is 2. The first-order valence-electron chi connectivity index (χ1n) is 7.72. The molecule has 0 amide bonds. The van der Waals surface area contributed by atoms with Gasteiger partial charge in [-0.25, -0.2) is 0 Å². The second kappa shape index (κ2) is 6.49. The number of benzene rings is 1. The molecule has 1 aliphatic heterocycles. The van der Waals surface area contributed by atoms with Crippen molar-refractivity contribution < 1.29 is 14.4 Å². The van der Waals surface area contributed by atoms with E-state index in [4.69, 9.17) is 9.47 Å². The number of methoxy groups -OCH3 is 1. The molecular formula is C17H28NO2+. The number of fused-ring (bicyclic) bond motifs is 1. The minimum atomic E-state index is 0.573. The third-order valence-corrected chi connectivity index (χ3v) is 4.19. The molecule has 112 valence electrons. The van der Waals surface area contributed by atoms with E-state index in [1.54, 1.807) is 12.0 Å². The van der Waals surface area contributed by atoms with E-state index in [2.05, 4.69) is 33.0 Å². The largest absolute Gasteiger partial charge is 0.493 e. The first-order chi connectivity index (χ1) is 9.56. The van der Waals surface area contributed by atoms with Crippen LogP contribution >= 0.6 is 0 Å². The van der Waals surface area contributed by atoms with Crippen molar-refractivity contribution in [3.05, 3.63) is 23.3 Å². The van der Waals surface area contributed by atoms with Crippen molar-refractivity contribution in [2.45, 2.75) is 39.7 Å². The highest BCUT2D eigenvalue weighted by molar-refractivity contribution is 5.48. The maximum absolute atomic E-state index is 5.75. The number of rotatable bonds is 5. The summed E-state index contributed by atoms with van der Waals surface area (Å²) in [5.41, 5.74) is 2.88. The molecule has 0 saturated heterocycles. The molecule has 2 atom stereocenters. The molecule has 1 heterocycles. The molecular weight excluding hydrogens is 250 g/mol. The van der Waals surface area contributed by atoms with Gasteiger partial charge in [0.05, 0.1) is 27.3 Å². The van der Waals surface area contributed by atoms with Crippen molar-refractivity contribution in [2.75, 3.05) is 27.3 Å². The van der Waals surface area contributed by atoms with E-state index >= 15 is 0 Å². The standard InChI is InChI=1S/C17H27NO2/c1-6-20-17-11-14-13(10-16(17)19-5)7-8-18(4)15(14)9-12(2)3/h10-12,15H,6-9H2,1-5H3/p+1/t15-/m1/s1. The Labute approximate surface area is 122 Å². The van der Waals surface area contributed by atoms with Crippen LogP contribution in [0.25, 0.3) is 0 Å². The smallest absolute Gasteiger partial charge is 0.161 e. The van der Waals surface area contributed by atoms with Crippen molar-refractivity contribution in [1.82, 2.24) is 0 Å². The summed E-state index contributed by atoms with van der Waals surface area (Å²) in [4.78, 5) is 1.61. The van der Waals surface area contributed by atoms with Crippen molar-refractivity contribution in [2.24, 2.45) is 5.92 Å². The molecule has 1 aromatic rings. The summed E-state index contributed by atoms with van der Waals surface area (Å²) in [6, 6.07) is 4.97. The van der Waals surface area contributed by atoms with Gasteiger partial charge in [-0.15, -0.1) is 0 Å². The summed E-state index contributed by atoms with van der Waals surface area (Å²) < 4.78 is 11.2. The van der Waals surface area contributed by atoms with Gasteiger partial charge in [-0.05, 0) is 30.5 Å². The first-order valence-corrected chi connectivity index (χ1v) is 7.72. The van der Waals surface area contributed by atoms with Crippen molar-refractivity contribution in [1.29, 1.82) is 0 Å². The van der Waals surface area contributed by atoms with Crippen LogP contribution in [0.15, 0.2) is 12.1 Å². The summed E-state index contributed by atoms with van der Waals surface area (Å²) in [6.45, 7) is 8.49. The van der Waals surface area contributed by atoms with Crippen LogP contribution < -0.4 is 14.4 Å². The third-order valence-electron chi connectivity index (χ3n) is 4.19. The van der Waals surface area contributed by atoms with Crippen LogP contribution in [0.5, 0.6) is 11.5 Å². The topological polar surface area (TPSA) is 22.9 Å². The maximum Gasteiger partial charge on any atom is 0.161 e. The fourth-order valence-corrected chi connectivity index (χ4v) is 3.16. The molecule has 0 aliphatic carbocycles. The van der Waals surface area contributed by atoms with E-state index in [0.29, 0.717) is 18.6 Å². The Bertz CT molecular complexity index is 457. The van der Waals surface area contributed by atoms with Gasteiger partial charge in [0.2, 0.25) is 0 Å². The minimum Gasteiger partial charge on any atom is -0.493 e. The van der Waals surface area contributed by atoms with E-state index < -0.39 is 0 Å². The van der Waals surface area contributed by atoms with Gasteiger partial charge >= 0.3 is 0 Å². The summed E-state index contributed by atoms with van der Waals surface area (Å²) >= 11 is 0. The normalized spacial score (nSPS) is 21.7. The van der Waals surface area contributed by atoms with Crippen LogP contribution in [0.4, 0.5) is 0 Å². The van der Waals surface area contributed by atoms with Crippen LogP contribution in [-0.4, -0.2) is 27.3 Å². The molecule has 20 heavy (non-hydrogen) atoms. The molecule has 0 aromatic heterocycles. The molecule has 3 heteroatoms. The predicted molar refractivity (Wildman–Crippen MR) is 81.8 cm³/mol. The zero-order valence-electron chi connectivity index (χ0n) is 13.5. The Balaban J connectivity index is 2.41. The lowest BCUT2D eigenvalue weighted by atomic mass is 9.87. The van der Waals surface area contributed by atoms with Gasteiger partial charge in [-0.2, -0.15) is 0 Å². The number of likely N-dealkylation sites (N-methyl/N-ethyl adjacent to an activating group) is 1. The summed E-state index contributed by atoms with van der Waals surface area (Å²) in [5.74, 6) is 2.46. The number of nitrogens with one attached hydrogen (secondary N) is 1. The molecule has 1 aliphatic rings. The Morgan fingerprint density at radius 1 is 1.30 bits per heavy atom. The van der Waals surface area contributed by atoms with E-state index in [1.165, 1.54) is 24.1 Å². The van der Waals surface area contributed by atoms with Crippen LogP contribution in [-0.2, 0) is 6.42 Å². The Morgan fingerprint density at radius 2 is 2.05 bits per heavy atom. The number of ether oxygens (including phenoxy) is 2. The first kappa shape index (κ1) is 15.2. The average Bonchev–Trinajstić information content (AvgIpc) is 2.41. The lowest BCUT2D eigenvalue weighted by molar-refractivity contribution is -0.915. The molecule has 0 fully saturated rings. The molecule has 1 unspecified atom stereocenters. The van der Waals surface area contributed by atoms with Gasteiger partial charge in [0, 0.05) is 18.4 Å². The lowest BCUT2D eigenvalue weighted by Crippen LogP contribution is -3.10. The van der Waals surface area contributed by atoms with E-state index in [1.807, 2.05) is 6.92 Å². The quantitative estimate of drug-likeness (QED) is 0.893. The molecule has 3 nitrogen and oxygen atoms in total. The summed E-state index contributed by atoms with van der Waals surface area (Å²) in [7, 11) is 4.02. The van der Waals surface area contributed by atoms with Gasteiger partial charge < -0.3 is 14.4 Å². The molecule has 0 saturated carbocycles. The second-order valence-corrected chi connectivity index (χ2v) is 6.16. The van der Waals surface area contributed by atoms with Gasteiger partial charge in [0.1, 0.15) is 6.04 Å². The summed E-state index contributed by atoms with van der Waals surface area (Å²) in [5, 5.41) is 0. The molecule has 0 bridgehead atoms. The van der Waals surface area contributed by atoms with Gasteiger partial charge in [-0.1, -0.05) is 13.8 Å². The molecule has 0 spiro atoms. The Hall–Kier alpha value is -1.22. The van der Waals surface area contributed by atoms with E-state index in [0.717, 1.165) is 17.9 Å². The maximum atomic E-state index is 5.75. The highest BCUT2D eigenvalue weighted by Crippen LogP contribution is 2.35. The Kier molecular flexibility index (Phi) is 4.92. The number of hydrogen-bond donors (Lipinski definition) is 1. The fraction of sp³-hybridized carbons (Fsp3) is 0.647. The predicted octanol–water partition coefficient (Wildman–Crippen LogP) is 2.25. The number of quaternary nitrogens is 1. The van der Waals surface area contributed by atoms with E-state index in [9.17, 15) is 0 Å². The summed E-state index contributed by atoms with van der Waals surface area (Å²) in [6.07, 6.45) is 2.34. The van der Waals surface area contributed by atoms with Crippen LogP contribution in [0.3, 0.4) is 0 Å². The van der Waals surface area contributed by atoms with Gasteiger partial charge in [-0.3, -0.25) is 0 Å². The Morgan fingerprint density at radius 3 is 2.65 bits per heavy atom. The van der Waals surface area contributed by atoms with Gasteiger partial charge in [0.25, 0.3) is 0 Å². The van der Waals surface area contributed by atoms with Crippen LogP contribution in [0, 0.1) is 5.92 Å². The highest BCUT2D eigenvalue weighted by atomic mass is 16.5. The third kappa shape index (κ3) is 3.09. The average molecular weight is 278 g/mol. The van der Waals surface area contributed by atoms with Gasteiger partial charge in [0.15, 0.2) is 11.5 Å². The van der Waals surface area contributed by atoms with Crippen molar-refractivity contribution in [3.63, 3.8) is 0 Å². The van der Waals surface area contributed by atoms with Crippen molar-refractivity contribution >= 4 is 0 Å². The zero-order chi connectivity index (χ0) is 14.7. The highest BCUT2D eigenvalue weighted by Gasteiger charge is 2.30. The van der Waals surface area contributed by atoms with E-state index in [-0.39, 0.29) is 0 Å².